The average Bonchev–Trinajstić information content (AvgIpc) is 3.21. The number of carbonyl (C=O) groups is 3. The van der Waals surface area contributed by atoms with Gasteiger partial charge in [0.25, 0.3) is 0 Å². The number of nitrogens with zero attached hydrogens (tertiary/aromatic N) is 6. The molecule has 0 saturated heterocycles. The zero-order valence-electron chi connectivity index (χ0n) is 25.1. The number of carbonyl (C=O) groups excluding carboxylic acids is 3. The third kappa shape index (κ3) is 5.79. The van der Waals surface area contributed by atoms with Crippen molar-refractivity contribution < 1.29 is 14.4 Å². The van der Waals surface area contributed by atoms with Gasteiger partial charge in [-0.25, -0.2) is 4.79 Å². The number of anilines is 2. The van der Waals surface area contributed by atoms with Crippen LogP contribution in [0.3, 0.4) is 0 Å². The topological polar surface area (TPSA) is 101 Å². The van der Waals surface area contributed by atoms with E-state index in [9.17, 15) is 19.2 Å². The lowest BCUT2D eigenvalue weighted by molar-refractivity contribution is -0.137. The van der Waals surface area contributed by atoms with Crippen LogP contribution in [0.15, 0.2) is 71.8 Å². The van der Waals surface area contributed by atoms with Crippen molar-refractivity contribution in [1.82, 2.24) is 19.0 Å². The summed E-state index contributed by atoms with van der Waals surface area (Å²) in [5.41, 5.74) is 3.06. The highest BCUT2D eigenvalue weighted by Gasteiger charge is 2.45. The van der Waals surface area contributed by atoms with Crippen LogP contribution in [0.4, 0.5) is 11.4 Å². The Morgan fingerprint density at radius 1 is 0.907 bits per heavy atom. The van der Waals surface area contributed by atoms with Crippen molar-refractivity contribution in [2.45, 2.75) is 40.3 Å². The van der Waals surface area contributed by atoms with Crippen LogP contribution < -0.4 is 15.5 Å². The first-order chi connectivity index (χ1) is 20.0. The number of halogens is 1. The summed E-state index contributed by atoms with van der Waals surface area (Å²) < 4.78 is 3.05. The minimum absolute atomic E-state index is 0. The molecule has 1 aliphatic heterocycles. The van der Waals surface area contributed by atoms with Crippen molar-refractivity contribution in [3.05, 3.63) is 88.6 Å². The van der Waals surface area contributed by atoms with E-state index in [1.54, 1.807) is 54.7 Å². The number of hydrogen-bond acceptors (Lipinski definition) is 5. The van der Waals surface area contributed by atoms with Gasteiger partial charge in [-0.2, -0.15) is 0 Å². The summed E-state index contributed by atoms with van der Waals surface area (Å²) in [4.78, 5) is 62.6. The van der Waals surface area contributed by atoms with Gasteiger partial charge in [0.15, 0.2) is 0 Å². The van der Waals surface area contributed by atoms with E-state index in [2.05, 4.69) is 4.98 Å². The van der Waals surface area contributed by atoms with Gasteiger partial charge in [-0.1, -0.05) is 24.3 Å². The van der Waals surface area contributed by atoms with Gasteiger partial charge in [-0.3, -0.25) is 28.5 Å². The van der Waals surface area contributed by atoms with Crippen LogP contribution in [-0.4, -0.2) is 56.9 Å². The predicted octanol–water partition coefficient (Wildman–Crippen LogP) is 3.78. The second-order valence-electron chi connectivity index (χ2n) is 11.2. The van der Waals surface area contributed by atoms with Crippen LogP contribution in [0.5, 0.6) is 0 Å². The van der Waals surface area contributed by atoms with Crippen molar-refractivity contribution in [3.63, 3.8) is 0 Å². The monoisotopic (exact) mass is 604 g/mol. The molecule has 0 bridgehead atoms. The maximum absolute atomic E-state index is 13.9. The van der Waals surface area contributed by atoms with Gasteiger partial charge in [-0.05, 0) is 68.7 Å². The van der Waals surface area contributed by atoms with Crippen LogP contribution in [0, 0.1) is 5.41 Å². The number of fused-ring (bicyclic) bond motifs is 2. The maximum Gasteiger partial charge on any atom is 0.329 e. The van der Waals surface area contributed by atoms with Crippen molar-refractivity contribution in [2.75, 3.05) is 29.9 Å². The van der Waals surface area contributed by atoms with Crippen LogP contribution in [0.2, 0.25) is 0 Å². The molecule has 5 rings (SSSR count). The van der Waals surface area contributed by atoms with E-state index in [0.717, 1.165) is 16.6 Å². The third-order valence-electron chi connectivity index (χ3n) is 8.09. The highest BCUT2D eigenvalue weighted by Crippen LogP contribution is 2.39. The molecule has 2 aromatic carbocycles. The van der Waals surface area contributed by atoms with Gasteiger partial charge in [0, 0.05) is 46.1 Å². The lowest BCUT2D eigenvalue weighted by Gasteiger charge is -2.27. The smallest absolute Gasteiger partial charge is 0.329 e. The molecular formula is C32H37ClN6O4. The molecule has 0 saturated carbocycles. The van der Waals surface area contributed by atoms with Crippen molar-refractivity contribution in [1.29, 1.82) is 0 Å². The first-order valence-electron chi connectivity index (χ1n) is 14.1. The number of amides is 3. The Labute approximate surface area is 256 Å². The fourth-order valence-corrected chi connectivity index (χ4v) is 5.62. The normalized spacial score (nSPS) is 14.3. The molecule has 2 aromatic heterocycles. The Morgan fingerprint density at radius 3 is 2.30 bits per heavy atom. The van der Waals surface area contributed by atoms with Crippen molar-refractivity contribution in [3.8, 4) is 0 Å². The van der Waals surface area contributed by atoms with Crippen molar-refractivity contribution in [2.24, 2.45) is 12.5 Å². The van der Waals surface area contributed by atoms with E-state index in [-0.39, 0.29) is 48.9 Å². The van der Waals surface area contributed by atoms with Crippen LogP contribution in [0.1, 0.15) is 31.9 Å². The molecule has 4 aromatic rings. The highest BCUT2D eigenvalue weighted by atomic mass is 35.5. The lowest BCUT2D eigenvalue weighted by atomic mass is 9.90. The quantitative estimate of drug-likeness (QED) is 0.285. The molecule has 0 fully saturated rings. The lowest BCUT2D eigenvalue weighted by Crippen LogP contribution is -2.47. The predicted molar refractivity (Wildman–Crippen MR) is 169 cm³/mol. The molecule has 0 aliphatic carbocycles. The third-order valence-corrected chi connectivity index (χ3v) is 8.09. The van der Waals surface area contributed by atoms with E-state index in [4.69, 9.17) is 0 Å². The Morgan fingerprint density at radius 2 is 1.63 bits per heavy atom. The molecule has 0 N–H and O–H groups in total. The average molecular weight is 605 g/mol. The molecule has 43 heavy (non-hydrogen) atoms. The van der Waals surface area contributed by atoms with E-state index >= 15 is 0 Å². The largest absolute Gasteiger partial charge is 0.336 e. The number of rotatable bonds is 8. The van der Waals surface area contributed by atoms with Crippen LogP contribution in [0.25, 0.3) is 11.0 Å². The Bertz CT molecular complexity index is 1730. The van der Waals surface area contributed by atoms with E-state index in [0.29, 0.717) is 36.4 Å². The van der Waals surface area contributed by atoms with Gasteiger partial charge >= 0.3 is 5.69 Å². The second kappa shape index (κ2) is 12.4. The molecule has 3 heterocycles. The summed E-state index contributed by atoms with van der Waals surface area (Å²) in [6, 6.07) is 16.8. The Balaban J connectivity index is 0.00000423. The molecular weight excluding hydrogens is 568 g/mol. The number of hydrogen-bond donors (Lipinski definition) is 0. The van der Waals surface area contributed by atoms with Crippen LogP contribution >= 0.6 is 12.4 Å². The van der Waals surface area contributed by atoms with E-state index < -0.39 is 5.41 Å². The number of aryl methyl sites for hydroxylation is 1. The van der Waals surface area contributed by atoms with Gasteiger partial charge in [0.1, 0.15) is 12.0 Å². The number of pyridine rings is 1. The summed E-state index contributed by atoms with van der Waals surface area (Å²) in [5, 5.41) is 0. The van der Waals surface area contributed by atoms with Crippen LogP contribution in [-0.2, 0) is 40.9 Å². The molecule has 11 heteroatoms. The Hall–Kier alpha value is -4.44. The van der Waals surface area contributed by atoms with Gasteiger partial charge in [0.2, 0.25) is 17.7 Å². The molecule has 3 amide bonds. The standard InChI is InChI=1S/C32H36N6O4.ClH/c1-6-37-26-14-13-23(18-27(26)34(4)29(40)32(2,3)30(37)41)20-36(17-15-22-10-9-16-33-19-22)28(39)21-38-25-12-8-7-11-24(25)35(5)31(38)42;/h7-14,16,18-19H,6,15,17,20-21H2,1-5H3;1H. The zero-order valence-corrected chi connectivity index (χ0v) is 25.9. The van der Waals surface area contributed by atoms with Crippen molar-refractivity contribution >= 4 is 52.5 Å². The summed E-state index contributed by atoms with van der Waals surface area (Å²) in [7, 11) is 3.38. The number of aromatic nitrogens is 3. The summed E-state index contributed by atoms with van der Waals surface area (Å²) in [5.74, 6) is -0.743. The van der Waals surface area contributed by atoms with E-state index in [1.807, 2.05) is 61.5 Å². The van der Waals surface area contributed by atoms with Gasteiger partial charge in [0.05, 0.1) is 22.4 Å². The SMILES string of the molecule is CCN1C(=O)C(C)(C)C(=O)N(C)c2cc(CN(CCc3cccnc3)C(=O)Cn3c(=O)n(C)c4ccccc43)ccc21.Cl. The number of imidazole rings is 1. The molecule has 0 unspecified atom stereocenters. The first kappa shape index (κ1) is 31.5. The number of para-hydroxylation sites is 2. The van der Waals surface area contributed by atoms with Gasteiger partial charge in [-0.15, -0.1) is 12.4 Å². The maximum atomic E-state index is 13.9. The molecule has 1 aliphatic rings. The minimum atomic E-state index is -1.21. The molecule has 10 nitrogen and oxygen atoms in total. The zero-order chi connectivity index (χ0) is 30.2. The summed E-state index contributed by atoms with van der Waals surface area (Å²) in [6.45, 7) is 6.17. The second-order valence-corrected chi connectivity index (χ2v) is 11.2. The summed E-state index contributed by atoms with van der Waals surface area (Å²) >= 11 is 0. The number of benzene rings is 2. The minimum Gasteiger partial charge on any atom is -0.336 e. The highest BCUT2D eigenvalue weighted by molar-refractivity contribution is 6.19. The fourth-order valence-electron chi connectivity index (χ4n) is 5.62. The molecule has 0 spiro atoms. The van der Waals surface area contributed by atoms with E-state index in [1.165, 1.54) is 9.47 Å². The van der Waals surface area contributed by atoms with Gasteiger partial charge < -0.3 is 14.7 Å². The molecule has 0 atom stereocenters. The molecule has 0 radical (unpaired) electrons. The first-order valence-corrected chi connectivity index (χ1v) is 14.1. The Kier molecular flexibility index (Phi) is 9.10. The summed E-state index contributed by atoms with van der Waals surface area (Å²) in [6.07, 6.45) is 4.07. The fraction of sp³-hybridized carbons (Fsp3) is 0.344. The molecule has 226 valence electrons.